The standard InChI is InChI=1S/C41H40N2O5/c1-42-36-31(22-30(28-16-8-4-9-17-28)29-18-10-5-11-19-29)33-23-35(44)41(32-20-12-13-21-34(32)43(26-47-2)39(41)46)37(36)40(33,38(42)45)25-48-24-27-14-6-3-7-15-27/h3-22,31,33,35-37,44H,23-26H2,1-2H3/t31-,33-,35+,36-,37+,40+,41+/m0/s1. The van der Waals surface area contributed by atoms with Gasteiger partial charge in [-0.05, 0) is 46.2 Å². The lowest BCUT2D eigenvalue weighted by Crippen LogP contribution is -2.63. The molecule has 3 fully saturated rings. The molecule has 48 heavy (non-hydrogen) atoms. The summed E-state index contributed by atoms with van der Waals surface area (Å²) in [5.41, 5.74) is 3.37. The van der Waals surface area contributed by atoms with Gasteiger partial charge in [0.25, 0.3) is 0 Å². The number of carbonyl (C=O) groups is 2. The predicted octanol–water partition coefficient (Wildman–Crippen LogP) is 5.68. The van der Waals surface area contributed by atoms with Gasteiger partial charge in [-0.25, -0.2) is 0 Å². The highest BCUT2D eigenvalue weighted by Gasteiger charge is 2.82. The van der Waals surface area contributed by atoms with E-state index in [0.29, 0.717) is 13.0 Å². The quantitative estimate of drug-likeness (QED) is 0.255. The lowest BCUT2D eigenvalue weighted by molar-refractivity contribution is -0.162. The Balaban J connectivity index is 1.33. The first-order valence-electron chi connectivity index (χ1n) is 16.7. The maximum absolute atomic E-state index is 15.0. The van der Waals surface area contributed by atoms with Gasteiger partial charge in [0.1, 0.15) is 12.1 Å². The van der Waals surface area contributed by atoms with Crippen LogP contribution in [0.15, 0.2) is 121 Å². The summed E-state index contributed by atoms with van der Waals surface area (Å²) >= 11 is 0. The first kappa shape index (κ1) is 30.8. The summed E-state index contributed by atoms with van der Waals surface area (Å²) < 4.78 is 12.1. The van der Waals surface area contributed by atoms with E-state index in [4.69, 9.17) is 9.47 Å². The summed E-state index contributed by atoms with van der Waals surface area (Å²) in [5, 5.41) is 12.4. The second kappa shape index (κ2) is 11.8. The fourth-order valence-electron chi connectivity index (χ4n) is 9.81. The predicted molar refractivity (Wildman–Crippen MR) is 184 cm³/mol. The van der Waals surface area contributed by atoms with Gasteiger partial charge in [0, 0.05) is 32.0 Å². The Bertz CT molecular complexity index is 1820. The molecule has 7 heteroatoms. The number of hydrogen-bond acceptors (Lipinski definition) is 5. The molecule has 244 valence electrons. The molecule has 7 atom stereocenters. The van der Waals surface area contributed by atoms with E-state index >= 15 is 0 Å². The highest BCUT2D eigenvalue weighted by Crippen LogP contribution is 2.72. The average Bonchev–Trinajstić information content (AvgIpc) is 3.58. The van der Waals surface area contributed by atoms with Crippen molar-refractivity contribution in [3.8, 4) is 0 Å². The topological polar surface area (TPSA) is 79.3 Å². The molecule has 4 aromatic carbocycles. The SMILES string of the molecule is COCN1C(=O)[C@]2(c3ccccc31)[C@H](O)C[C@H]1[C@H](C=C(c3ccccc3)c3ccccc3)[C@H]3[C@@H]2[C@]1(COCc1ccccc1)C(=O)N3C. The maximum atomic E-state index is 15.0. The number of para-hydroxylation sites is 1. The van der Waals surface area contributed by atoms with Crippen molar-refractivity contribution in [1.29, 1.82) is 0 Å². The first-order valence-corrected chi connectivity index (χ1v) is 16.7. The molecule has 2 saturated carbocycles. The fourth-order valence-corrected chi connectivity index (χ4v) is 9.81. The van der Waals surface area contributed by atoms with Gasteiger partial charge < -0.3 is 19.5 Å². The lowest BCUT2D eigenvalue weighted by Gasteiger charge is -2.50. The minimum Gasteiger partial charge on any atom is -0.392 e. The van der Waals surface area contributed by atoms with Crippen molar-refractivity contribution in [1.82, 2.24) is 4.90 Å². The summed E-state index contributed by atoms with van der Waals surface area (Å²) in [6, 6.07) is 37.9. The number of benzene rings is 4. The van der Waals surface area contributed by atoms with E-state index in [1.807, 2.05) is 103 Å². The average molecular weight is 641 g/mol. The molecule has 8 rings (SSSR count). The number of amides is 2. The van der Waals surface area contributed by atoms with E-state index in [1.165, 1.54) is 0 Å². The third-order valence-corrected chi connectivity index (χ3v) is 11.6. The van der Waals surface area contributed by atoms with E-state index in [9.17, 15) is 14.7 Å². The van der Waals surface area contributed by atoms with Gasteiger partial charge >= 0.3 is 0 Å². The van der Waals surface area contributed by atoms with Crippen LogP contribution in [-0.2, 0) is 31.1 Å². The highest BCUT2D eigenvalue weighted by molar-refractivity contribution is 6.10. The van der Waals surface area contributed by atoms with Crippen molar-refractivity contribution >= 4 is 23.1 Å². The van der Waals surface area contributed by atoms with Gasteiger partial charge in [0.15, 0.2) is 0 Å². The van der Waals surface area contributed by atoms with Crippen LogP contribution >= 0.6 is 0 Å². The van der Waals surface area contributed by atoms with E-state index in [2.05, 4.69) is 30.3 Å². The molecule has 4 bridgehead atoms. The minimum atomic E-state index is -1.34. The zero-order chi connectivity index (χ0) is 33.0. The number of hydrogen-bond donors (Lipinski definition) is 1. The van der Waals surface area contributed by atoms with Crippen LogP contribution in [0.2, 0.25) is 0 Å². The van der Waals surface area contributed by atoms with Crippen LogP contribution in [0.25, 0.3) is 5.57 Å². The van der Waals surface area contributed by atoms with Gasteiger partial charge in [-0.2, -0.15) is 0 Å². The molecule has 1 spiro atoms. The monoisotopic (exact) mass is 640 g/mol. The fraction of sp³-hybridized carbons (Fsp3) is 0.317. The summed E-state index contributed by atoms with van der Waals surface area (Å²) in [6.07, 6.45) is 1.61. The second-order valence-electron chi connectivity index (χ2n) is 13.7. The molecular weight excluding hydrogens is 600 g/mol. The summed E-state index contributed by atoms with van der Waals surface area (Å²) in [6.45, 7) is 0.558. The van der Waals surface area contributed by atoms with E-state index in [0.717, 1.165) is 33.5 Å². The van der Waals surface area contributed by atoms with Gasteiger partial charge in [-0.3, -0.25) is 14.5 Å². The van der Waals surface area contributed by atoms with Crippen molar-refractivity contribution < 1.29 is 24.2 Å². The van der Waals surface area contributed by atoms with Crippen molar-refractivity contribution in [2.24, 2.45) is 23.2 Å². The van der Waals surface area contributed by atoms with Crippen LogP contribution in [0.4, 0.5) is 5.69 Å². The Morgan fingerprint density at radius 3 is 2.10 bits per heavy atom. The number of anilines is 1. The number of aliphatic hydroxyl groups excluding tert-OH is 1. The van der Waals surface area contributed by atoms with Crippen molar-refractivity contribution in [2.75, 3.05) is 32.4 Å². The third kappa shape index (κ3) is 4.24. The zero-order valence-electron chi connectivity index (χ0n) is 27.2. The van der Waals surface area contributed by atoms with Crippen molar-refractivity contribution in [3.63, 3.8) is 0 Å². The molecular formula is C41H40N2O5. The van der Waals surface area contributed by atoms with Crippen LogP contribution < -0.4 is 4.90 Å². The Morgan fingerprint density at radius 2 is 1.46 bits per heavy atom. The largest absolute Gasteiger partial charge is 0.392 e. The van der Waals surface area contributed by atoms with Crippen molar-refractivity contribution in [2.45, 2.75) is 30.6 Å². The van der Waals surface area contributed by atoms with E-state index < -0.39 is 22.9 Å². The lowest BCUT2D eigenvalue weighted by atomic mass is 9.51. The minimum absolute atomic E-state index is 0.0112. The molecule has 2 aliphatic carbocycles. The molecule has 2 amide bonds. The number of nitrogens with zero attached hydrogens (tertiary/aromatic N) is 2. The molecule has 2 aliphatic heterocycles. The van der Waals surface area contributed by atoms with Crippen LogP contribution in [0.5, 0.6) is 0 Å². The Kier molecular flexibility index (Phi) is 7.59. The molecule has 4 aromatic rings. The number of methoxy groups -OCH3 is 1. The molecule has 0 aromatic heterocycles. The van der Waals surface area contributed by atoms with Crippen LogP contribution in [0, 0.1) is 23.2 Å². The number of rotatable bonds is 9. The van der Waals surface area contributed by atoms with E-state index in [-0.39, 0.29) is 43.0 Å². The molecule has 0 radical (unpaired) electrons. The van der Waals surface area contributed by atoms with Crippen LogP contribution in [0.1, 0.15) is 28.7 Å². The van der Waals surface area contributed by atoms with Gasteiger partial charge in [-0.1, -0.05) is 115 Å². The summed E-state index contributed by atoms with van der Waals surface area (Å²) in [5.74, 6) is -1.14. The first-order chi connectivity index (χ1) is 23.4. The Labute approximate surface area is 281 Å². The third-order valence-electron chi connectivity index (χ3n) is 11.6. The second-order valence-corrected chi connectivity index (χ2v) is 13.7. The number of carbonyl (C=O) groups excluding carboxylic acids is 2. The van der Waals surface area contributed by atoms with Crippen molar-refractivity contribution in [3.05, 3.63) is 144 Å². The molecule has 0 unspecified atom stereocenters. The normalized spacial score (nSPS) is 29.9. The molecule has 7 nitrogen and oxygen atoms in total. The Morgan fingerprint density at radius 1 is 0.854 bits per heavy atom. The number of aliphatic hydroxyl groups is 1. The maximum Gasteiger partial charge on any atom is 0.242 e. The van der Waals surface area contributed by atoms with E-state index in [1.54, 1.807) is 12.0 Å². The highest BCUT2D eigenvalue weighted by atomic mass is 16.5. The molecule has 4 aliphatic rings. The molecule has 2 heterocycles. The van der Waals surface area contributed by atoms with Crippen LogP contribution in [-0.4, -0.2) is 61.5 Å². The number of ether oxygens (including phenoxy) is 2. The summed E-state index contributed by atoms with van der Waals surface area (Å²) in [7, 11) is 3.43. The summed E-state index contributed by atoms with van der Waals surface area (Å²) in [4.78, 5) is 33.3. The van der Waals surface area contributed by atoms with Gasteiger partial charge in [0.05, 0.1) is 30.4 Å². The van der Waals surface area contributed by atoms with Crippen LogP contribution in [0.3, 0.4) is 0 Å². The van der Waals surface area contributed by atoms with Gasteiger partial charge in [0.2, 0.25) is 11.8 Å². The zero-order valence-corrected chi connectivity index (χ0v) is 27.2. The molecule has 1 N–H and O–H groups in total. The van der Waals surface area contributed by atoms with Gasteiger partial charge in [-0.15, -0.1) is 0 Å². The Hall–Kier alpha value is -4.56. The number of fused-ring (bicyclic) bond motifs is 2. The number of piperidine rings is 1. The smallest absolute Gasteiger partial charge is 0.242 e. The molecule has 1 saturated heterocycles. The number of likely N-dealkylation sites (tertiary alicyclic amines) is 1.